The molecular formula is C18H23N3O4. The van der Waals surface area contributed by atoms with Crippen LogP contribution in [-0.4, -0.2) is 30.8 Å². The molecular weight excluding hydrogens is 322 g/mol. The monoisotopic (exact) mass is 345 g/mol. The van der Waals surface area contributed by atoms with E-state index in [0.717, 1.165) is 35.4 Å². The van der Waals surface area contributed by atoms with Crippen LogP contribution in [0.3, 0.4) is 0 Å². The van der Waals surface area contributed by atoms with E-state index in [2.05, 4.69) is 15.8 Å². The first-order valence-electron chi connectivity index (χ1n) is 8.08. The highest BCUT2D eigenvalue weighted by molar-refractivity contribution is 5.94. The third-order valence-corrected chi connectivity index (χ3v) is 3.98. The van der Waals surface area contributed by atoms with E-state index in [1.54, 1.807) is 18.2 Å². The molecule has 0 fully saturated rings. The van der Waals surface area contributed by atoms with Gasteiger partial charge in [-0.15, -0.1) is 0 Å². The number of nitrogens with one attached hydrogen (secondary N) is 2. The van der Waals surface area contributed by atoms with Gasteiger partial charge >= 0.3 is 12.0 Å². The summed E-state index contributed by atoms with van der Waals surface area (Å²) in [5, 5.41) is 9.48. The fourth-order valence-corrected chi connectivity index (χ4v) is 2.49. The summed E-state index contributed by atoms with van der Waals surface area (Å²) in [6.07, 6.45) is 1.57. The summed E-state index contributed by atoms with van der Waals surface area (Å²) in [5.41, 5.74) is 3.80. The van der Waals surface area contributed by atoms with Gasteiger partial charge in [-0.3, -0.25) is 0 Å². The van der Waals surface area contributed by atoms with Crippen molar-refractivity contribution in [2.24, 2.45) is 0 Å². The predicted molar refractivity (Wildman–Crippen MR) is 93.8 cm³/mol. The van der Waals surface area contributed by atoms with E-state index < -0.39 is 5.97 Å². The van der Waals surface area contributed by atoms with E-state index in [9.17, 15) is 9.59 Å². The molecule has 7 heteroatoms. The Morgan fingerprint density at radius 3 is 2.64 bits per heavy atom. The second-order valence-electron chi connectivity index (χ2n) is 5.81. The van der Waals surface area contributed by atoms with Crippen molar-refractivity contribution in [3.8, 4) is 0 Å². The Balaban J connectivity index is 1.85. The Hall–Kier alpha value is -2.83. The van der Waals surface area contributed by atoms with Crippen LogP contribution in [0.5, 0.6) is 0 Å². The molecule has 0 atom stereocenters. The van der Waals surface area contributed by atoms with Gasteiger partial charge in [-0.2, -0.15) is 0 Å². The highest BCUT2D eigenvalue weighted by Gasteiger charge is 2.11. The minimum atomic E-state index is -0.442. The Kier molecular flexibility index (Phi) is 6.16. The van der Waals surface area contributed by atoms with Gasteiger partial charge in [0.1, 0.15) is 5.76 Å². The van der Waals surface area contributed by atoms with Crippen molar-refractivity contribution >= 4 is 17.7 Å². The molecule has 2 aromatic rings. The first kappa shape index (κ1) is 18.5. The minimum absolute atomic E-state index is 0.316. The molecule has 1 heterocycles. The molecule has 0 radical (unpaired) electrons. The molecule has 2 amide bonds. The summed E-state index contributed by atoms with van der Waals surface area (Å²) < 4.78 is 9.81. The summed E-state index contributed by atoms with van der Waals surface area (Å²) in [6.45, 7) is 6.16. The van der Waals surface area contributed by atoms with E-state index in [1.165, 1.54) is 7.11 Å². The molecule has 1 aromatic carbocycles. The molecule has 0 unspecified atom stereocenters. The van der Waals surface area contributed by atoms with Crippen molar-refractivity contribution in [1.29, 1.82) is 0 Å². The number of aromatic nitrogens is 1. The van der Waals surface area contributed by atoms with Gasteiger partial charge in [0.2, 0.25) is 0 Å². The van der Waals surface area contributed by atoms with Crippen LogP contribution in [0.4, 0.5) is 10.5 Å². The lowest BCUT2D eigenvalue weighted by Crippen LogP contribution is -2.30. The van der Waals surface area contributed by atoms with Crippen LogP contribution in [0, 0.1) is 20.8 Å². The maximum atomic E-state index is 12.0. The van der Waals surface area contributed by atoms with Gasteiger partial charge in [0.15, 0.2) is 0 Å². The van der Waals surface area contributed by atoms with Crippen molar-refractivity contribution in [1.82, 2.24) is 10.5 Å². The molecule has 7 nitrogen and oxygen atoms in total. The molecule has 0 bridgehead atoms. The summed E-state index contributed by atoms with van der Waals surface area (Å²) in [4.78, 5) is 23.6. The average molecular weight is 345 g/mol. The quantitative estimate of drug-likeness (QED) is 0.620. The van der Waals surface area contributed by atoms with Crippen molar-refractivity contribution in [2.45, 2.75) is 33.6 Å². The van der Waals surface area contributed by atoms with Crippen molar-refractivity contribution in [3.05, 3.63) is 46.3 Å². The van der Waals surface area contributed by atoms with Gasteiger partial charge in [0, 0.05) is 17.8 Å². The normalized spacial score (nSPS) is 10.4. The lowest BCUT2D eigenvalue weighted by Gasteiger charge is -2.11. The van der Waals surface area contributed by atoms with Gasteiger partial charge in [-0.1, -0.05) is 11.2 Å². The van der Waals surface area contributed by atoms with Crippen LogP contribution in [0.2, 0.25) is 0 Å². The maximum absolute atomic E-state index is 12.0. The van der Waals surface area contributed by atoms with E-state index in [4.69, 9.17) is 9.26 Å². The first-order chi connectivity index (χ1) is 11.9. The van der Waals surface area contributed by atoms with Gasteiger partial charge in [0.05, 0.1) is 18.4 Å². The molecule has 134 valence electrons. The van der Waals surface area contributed by atoms with E-state index >= 15 is 0 Å². The van der Waals surface area contributed by atoms with Gasteiger partial charge < -0.3 is 19.9 Å². The van der Waals surface area contributed by atoms with Crippen molar-refractivity contribution < 1.29 is 18.8 Å². The van der Waals surface area contributed by atoms with Crippen LogP contribution < -0.4 is 10.6 Å². The Morgan fingerprint density at radius 1 is 1.24 bits per heavy atom. The average Bonchev–Trinajstić information content (AvgIpc) is 2.91. The number of hydrogen-bond donors (Lipinski definition) is 2. The maximum Gasteiger partial charge on any atom is 0.337 e. The Morgan fingerprint density at radius 2 is 2.00 bits per heavy atom. The highest BCUT2D eigenvalue weighted by Crippen LogP contribution is 2.17. The van der Waals surface area contributed by atoms with Crippen LogP contribution in [0.25, 0.3) is 0 Å². The summed E-state index contributed by atoms with van der Waals surface area (Å²) in [5.74, 6) is 0.375. The van der Waals surface area contributed by atoms with Crippen molar-refractivity contribution in [2.75, 3.05) is 19.0 Å². The SMILES string of the molecule is COC(=O)c1ccc(C)c(NC(=O)NCCCc2c(C)noc2C)c1. The largest absolute Gasteiger partial charge is 0.465 e. The molecule has 1 aromatic heterocycles. The number of rotatable bonds is 6. The summed E-state index contributed by atoms with van der Waals surface area (Å²) in [6, 6.07) is 4.71. The number of hydrogen-bond acceptors (Lipinski definition) is 5. The van der Waals surface area contributed by atoms with Crippen molar-refractivity contribution in [3.63, 3.8) is 0 Å². The molecule has 2 N–H and O–H groups in total. The lowest BCUT2D eigenvalue weighted by atomic mass is 10.1. The molecule has 0 spiro atoms. The van der Waals surface area contributed by atoms with Crippen LogP contribution >= 0.6 is 0 Å². The second-order valence-corrected chi connectivity index (χ2v) is 5.81. The minimum Gasteiger partial charge on any atom is -0.465 e. The third-order valence-electron chi connectivity index (χ3n) is 3.98. The summed E-state index contributed by atoms with van der Waals surface area (Å²) >= 11 is 0. The number of carbonyl (C=O) groups excluding carboxylic acids is 2. The number of amides is 2. The molecule has 0 aliphatic carbocycles. The fourth-order valence-electron chi connectivity index (χ4n) is 2.49. The fraction of sp³-hybridized carbons (Fsp3) is 0.389. The Labute approximate surface area is 146 Å². The topological polar surface area (TPSA) is 93.5 Å². The van der Waals surface area contributed by atoms with E-state index in [-0.39, 0.29) is 6.03 Å². The number of aryl methyl sites for hydroxylation is 3. The molecule has 2 rings (SSSR count). The molecule has 0 aliphatic rings. The van der Waals surface area contributed by atoms with Crippen LogP contribution in [0.15, 0.2) is 22.7 Å². The second kappa shape index (κ2) is 8.32. The zero-order valence-corrected chi connectivity index (χ0v) is 14.9. The number of anilines is 1. The lowest BCUT2D eigenvalue weighted by molar-refractivity contribution is 0.0600. The number of methoxy groups -OCH3 is 1. The zero-order chi connectivity index (χ0) is 18.4. The van der Waals surface area contributed by atoms with Gasteiger partial charge in [-0.25, -0.2) is 9.59 Å². The standard InChI is InChI=1S/C18H23N3O4/c1-11-7-8-14(17(22)24-4)10-16(11)20-18(23)19-9-5-6-15-12(2)21-25-13(15)3/h7-8,10H,5-6,9H2,1-4H3,(H2,19,20,23). The van der Waals surface area contributed by atoms with Crippen LogP contribution in [0.1, 0.15) is 39.4 Å². The van der Waals surface area contributed by atoms with E-state index in [0.29, 0.717) is 17.8 Å². The Bertz CT molecular complexity index is 748. The number of esters is 1. The molecule has 25 heavy (non-hydrogen) atoms. The van der Waals surface area contributed by atoms with E-state index in [1.807, 2.05) is 20.8 Å². The highest BCUT2D eigenvalue weighted by atomic mass is 16.5. The molecule has 0 aliphatic heterocycles. The smallest absolute Gasteiger partial charge is 0.337 e. The number of nitrogens with zero attached hydrogens (tertiary/aromatic N) is 1. The number of benzene rings is 1. The predicted octanol–water partition coefficient (Wildman–Crippen LogP) is 3.14. The van der Waals surface area contributed by atoms with Gasteiger partial charge in [0.25, 0.3) is 0 Å². The number of ether oxygens (including phenoxy) is 1. The number of urea groups is 1. The zero-order valence-electron chi connectivity index (χ0n) is 14.9. The van der Waals surface area contributed by atoms with Crippen LogP contribution in [-0.2, 0) is 11.2 Å². The third kappa shape index (κ3) is 4.82. The number of carbonyl (C=O) groups is 2. The first-order valence-corrected chi connectivity index (χ1v) is 8.08. The van der Waals surface area contributed by atoms with Gasteiger partial charge in [-0.05, 0) is 51.3 Å². The summed E-state index contributed by atoms with van der Waals surface area (Å²) in [7, 11) is 1.32. The molecule has 0 saturated heterocycles. The molecule has 0 saturated carbocycles.